The molecule has 1 saturated heterocycles. The molecule has 4 heteroatoms. The zero-order chi connectivity index (χ0) is 11.7. The van der Waals surface area contributed by atoms with Crippen LogP contribution < -0.4 is 5.43 Å². The van der Waals surface area contributed by atoms with E-state index in [0.717, 1.165) is 32.6 Å². The van der Waals surface area contributed by atoms with E-state index in [1.165, 1.54) is 17.7 Å². The molecule has 1 aromatic rings. The molecule has 3 rings (SSSR count). The molecular formula is C13H20N4. The molecule has 0 spiro atoms. The van der Waals surface area contributed by atoms with Crippen LogP contribution in [0.25, 0.3) is 0 Å². The van der Waals surface area contributed by atoms with Crippen LogP contribution in [0.3, 0.4) is 0 Å². The third-order valence-electron chi connectivity index (χ3n) is 3.80. The molecule has 0 bridgehead atoms. The zero-order valence-corrected chi connectivity index (χ0v) is 10.4. The Morgan fingerprint density at radius 1 is 1.29 bits per heavy atom. The zero-order valence-electron chi connectivity index (χ0n) is 10.4. The van der Waals surface area contributed by atoms with Crippen molar-refractivity contribution in [2.45, 2.75) is 18.9 Å². The smallest absolute Gasteiger partial charge is 0.0642 e. The van der Waals surface area contributed by atoms with Gasteiger partial charge in [0.2, 0.25) is 0 Å². The van der Waals surface area contributed by atoms with E-state index in [-0.39, 0.29) is 0 Å². The van der Waals surface area contributed by atoms with Crippen molar-refractivity contribution in [1.29, 1.82) is 0 Å². The van der Waals surface area contributed by atoms with Crippen molar-refractivity contribution >= 4 is 0 Å². The first kappa shape index (κ1) is 11.1. The van der Waals surface area contributed by atoms with Gasteiger partial charge in [-0.2, -0.15) is 0 Å². The fraction of sp³-hybridized carbons (Fsp3) is 0.615. The van der Waals surface area contributed by atoms with Crippen LogP contribution in [-0.4, -0.2) is 48.1 Å². The number of likely N-dealkylation sites (N-methyl/N-ethyl adjacent to an activating group) is 1. The van der Waals surface area contributed by atoms with Gasteiger partial charge in [0.05, 0.1) is 11.7 Å². The summed E-state index contributed by atoms with van der Waals surface area (Å²) < 4.78 is 0. The number of hydrogen-bond donors (Lipinski definition) is 1. The minimum Gasteiger partial charge on any atom is -0.304 e. The van der Waals surface area contributed by atoms with Crippen LogP contribution in [-0.2, 0) is 6.42 Å². The average Bonchev–Trinajstić information content (AvgIpc) is 2.76. The number of hydrogen-bond acceptors (Lipinski definition) is 4. The van der Waals surface area contributed by atoms with Gasteiger partial charge in [-0.05, 0) is 31.5 Å². The summed E-state index contributed by atoms with van der Waals surface area (Å²) in [5.41, 5.74) is 6.31. The molecule has 1 aromatic heterocycles. The average molecular weight is 232 g/mol. The molecule has 1 N–H and O–H groups in total. The molecule has 2 heterocycles. The Bertz CT molecular complexity index is 385. The van der Waals surface area contributed by atoms with Gasteiger partial charge in [-0.3, -0.25) is 4.98 Å². The van der Waals surface area contributed by atoms with Crippen molar-refractivity contribution in [1.82, 2.24) is 20.3 Å². The first-order chi connectivity index (χ1) is 8.33. The maximum atomic E-state index is 4.52. The van der Waals surface area contributed by atoms with Gasteiger partial charge in [-0.25, -0.2) is 10.4 Å². The molecule has 1 unspecified atom stereocenters. The standard InChI is InChI=1S/C13H20N4/c1-16-7-9-17(10-8-16)15-12-5-4-11-3-2-6-14-13(11)12/h2-3,6,12,15H,4-5,7-10H2,1H3. The second-order valence-corrected chi connectivity index (χ2v) is 5.06. The van der Waals surface area contributed by atoms with E-state index in [1.807, 2.05) is 12.3 Å². The molecule has 2 aliphatic rings. The van der Waals surface area contributed by atoms with Crippen LogP contribution in [0.1, 0.15) is 23.7 Å². The Morgan fingerprint density at radius 3 is 2.94 bits per heavy atom. The van der Waals surface area contributed by atoms with Crippen molar-refractivity contribution in [3.63, 3.8) is 0 Å². The fourth-order valence-corrected chi connectivity index (χ4v) is 2.69. The van der Waals surface area contributed by atoms with E-state index in [9.17, 15) is 0 Å². The van der Waals surface area contributed by atoms with Gasteiger partial charge in [-0.15, -0.1) is 0 Å². The van der Waals surface area contributed by atoms with Crippen LogP contribution in [0, 0.1) is 0 Å². The summed E-state index contributed by atoms with van der Waals surface area (Å²) in [5.74, 6) is 0. The highest BCUT2D eigenvalue weighted by molar-refractivity contribution is 5.27. The van der Waals surface area contributed by atoms with Crippen molar-refractivity contribution in [2.24, 2.45) is 0 Å². The number of aryl methyl sites for hydroxylation is 1. The molecule has 1 aliphatic heterocycles. The SMILES string of the molecule is CN1CCN(NC2CCc3cccnc32)CC1. The van der Waals surface area contributed by atoms with Gasteiger partial charge >= 0.3 is 0 Å². The summed E-state index contributed by atoms with van der Waals surface area (Å²) in [7, 11) is 2.18. The Kier molecular flexibility index (Phi) is 3.09. The third kappa shape index (κ3) is 2.34. The van der Waals surface area contributed by atoms with Gasteiger partial charge in [0.15, 0.2) is 0 Å². The summed E-state index contributed by atoms with van der Waals surface area (Å²) in [5, 5.41) is 2.36. The molecule has 1 atom stereocenters. The van der Waals surface area contributed by atoms with E-state index in [0.29, 0.717) is 6.04 Å². The number of piperazine rings is 1. The van der Waals surface area contributed by atoms with Crippen molar-refractivity contribution in [3.05, 3.63) is 29.6 Å². The lowest BCUT2D eigenvalue weighted by atomic mass is 10.2. The van der Waals surface area contributed by atoms with Crippen LogP contribution in [0.2, 0.25) is 0 Å². The van der Waals surface area contributed by atoms with Crippen LogP contribution in [0.15, 0.2) is 18.3 Å². The molecule has 4 nitrogen and oxygen atoms in total. The van der Waals surface area contributed by atoms with Gasteiger partial charge < -0.3 is 4.90 Å². The Balaban J connectivity index is 1.64. The minimum atomic E-state index is 0.426. The molecule has 17 heavy (non-hydrogen) atoms. The highest BCUT2D eigenvalue weighted by Gasteiger charge is 2.26. The highest BCUT2D eigenvalue weighted by atomic mass is 15.5. The molecule has 0 saturated carbocycles. The number of fused-ring (bicyclic) bond motifs is 1. The summed E-state index contributed by atoms with van der Waals surface area (Å²) in [6.45, 7) is 4.51. The lowest BCUT2D eigenvalue weighted by molar-refractivity contribution is 0.0861. The normalized spacial score (nSPS) is 26.1. The minimum absolute atomic E-state index is 0.426. The number of nitrogens with one attached hydrogen (secondary N) is 1. The van der Waals surface area contributed by atoms with Gasteiger partial charge in [0.1, 0.15) is 0 Å². The van der Waals surface area contributed by atoms with Crippen LogP contribution >= 0.6 is 0 Å². The fourth-order valence-electron chi connectivity index (χ4n) is 2.69. The van der Waals surface area contributed by atoms with E-state index in [2.05, 4.69) is 33.4 Å². The number of hydrazine groups is 1. The highest BCUT2D eigenvalue weighted by Crippen LogP contribution is 2.29. The molecule has 0 radical (unpaired) electrons. The molecule has 0 aromatic carbocycles. The predicted molar refractivity (Wildman–Crippen MR) is 67.5 cm³/mol. The Hall–Kier alpha value is -0.970. The van der Waals surface area contributed by atoms with Crippen molar-refractivity contribution < 1.29 is 0 Å². The summed E-state index contributed by atoms with van der Waals surface area (Å²) >= 11 is 0. The van der Waals surface area contributed by atoms with E-state index in [1.54, 1.807) is 0 Å². The summed E-state index contributed by atoms with van der Waals surface area (Å²) in [6.07, 6.45) is 4.25. The Labute approximate surface area is 103 Å². The monoisotopic (exact) mass is 232 g/mol. The summed E-state index contributed by atoms with van der Waals surface area (Å²) in [6, 6.07) is 4.67. The van der Waals surface area contributed by atoms with E-state index >= 15 is 0 Å². The van der Waals surface area contributed by atoms with Crippen LogP contribution in [0.5, 0.6) is 0 Å². The van der Waals surface area contributed by atoms with E-state index < -0.39 is 0 Å². The Morgan fingerprint density at radius 2 is 2.12 bits per heavy atom. The topological polar surface area (TPSA) is 31.4 Å². The first-order valence-corrected chi connectivity index (χ1v) is 6.46. The number of rotatable bonds is 2. The predicted octanol–water partition coefficient (Wildman–Crippen LogP) is 0.821. The number of pyridine rings is 1. The maximum absolute atomic E-state index is 4.52. The molecule has 1 fully saturated rings. The second-order valence-electron chi connectivity index (χ2n) is 5.06. The van der Waals surface area contributed by atoms with Crippen molar-refractivity contribution in [2.75, 3.05) is 33.2 Å². The third-order valence-corrected chi connectivity index (χ3v) is 3.80. The first-order valence-electron chi connectivity index (χ1n) is 6.46. The van der Waals surface area contributed by atoms with Crippen molar-refractivity contribution in [3.8, 4) is 0 Å². The number of aromatic nitrogens is 1. The molecule has 0 amide bonds. The lowest BCUT2D eigenvalue weighted by Gasteiger charge is -2.34. The molecular weight excluding hydrogens is 212 g/mol. The van der Waals surface area contributed by atoms with Gasteiger partial charge in [-0.1, -0.05) is 6.07 Å². The van der Waals surface area contributed by atoms with E-state index in [4.69, 9.17) is 0 Å². The van der Waals surface area contributed by atoms with Crippen LogP contribution in [0.4, 0.5) is 0 Å². The lowest BCUT2D eigenvalue weighted by Crippen LogP contribution is -2.51. The molecule has 1 aliphatic carbocycles. The quantitative estimate of drug-likeness (QED) is 0.818. The largest absolute Gasteiger partial charge is 0.304 e. The second kappa shape index (κ2) is 4.72. The van der Waals surface area contributed by atoms with Gasteiger partial charge in [0.25, 0.3) is 0 Å². The summed E-state index contributed by atoms with van der Waals surface area (Å²) in [4.78, 5) is 6.90. The number of nitrogens with zero attached hydrogens (tertiary/aromatic N) is 3. The molecule has 92 valence electrons. The van der Waals surface area contributed by atoms with Gasteiger partial charge in [0, 0.05) is 32.4 Å². The maximum Gasteiger partial charge on any atom is 0.0642 e.